The third kappa shape index (κ3) is 4.32. The summed E-state index contributed by atoms with van der Waals surface area (Å²) in [4.78, 5) is 11.7. The molecule has 0 aliphatic heterocycles. The Kier molecular flexibility index (Phi) is 5.84. The number of nitrogens with two attached hydrogens (primary N) is 1. The maximum Gasteiger partial charge on any atom is 0.416 e. The van der Waals surface area contributed by atoms with Crippen LogP contribution in [0.2, 0.25) is 0 Å². The molecule has 0 aliphatic carbocycles. The second kappa shape index (κ2) is 7.50. The minimum Gasteiger partial charge on any atom is -0.383 e. The minimum absolute atomic E-state index is 0.00363. The third-order valence-corrected chi connectivity index (χ3v) is 4.29. The van der Waals surface area contributed by atoms with Crippen LogP contribution in [-0.4, -0.2) is 24.2 Å². The average Bonchev–Trinajstić information content (AvgIpc) is 2.90. The molecule has 1 atom stereocenters. The molecule has 0 aliphatic rings. The molecule has 0 saturated heterocycles. The Morgan fingerprint density at radius 3 is 1.96 bits per heavy atom. The molecule has 2 aromatic rings. The normalized spacial score (nSPS) is 13.6. The number of ether oxygens (including phenoxy) is 1. The van der Waals surface area contributed by atoms with Gasteiger partial charge >= 0.3 is 12.4 Å². The van der Waals surface area contributed by atoms with E-state index >= 15 is 0 Å². The molecular formula is C18H18F6N2O2. The van der Waals surface area contributed by atoms with E-state index in [1.54, 1.807) is 6.92 Å². The topological polar surface area (TPSA) is 57.2 Å². The Morgan fingerprint density at radius 2 is 1.57 bits per heavy atom. The summed E-state index contributed by atoms with van der Waals surface area (Å²) < 4.78 is 85.5. The number of hydrogen-bond donors (Lipinski definition) is 1. The number of rotatable bonds is 5. The summed E-state index contributed by atoms with van der Waals surface area (Å²) in [6.45, 7) is 3.28. The van der Waals surface area contributed by atoms with Gasteiger partial charge in [-0.25, -0.2) is 0 Å². The molecule has 10 heteroatoms. The average molecular weight is 408 g/mol. The van der Waals surface area contributed by atoms with E-state index in [1.807, 2.05) is 0 Å². The Morgan fingerprint density at radius 1 is 1.07 bits per heavy atom. The quantitative estimate of drug-likeness (QED) is 0.722. The smallest absolute Gasteiger partial charge is 0.383 e. The molecule has 0 spiro atoms. The fraction of sp³-hybridized carbons (Fsp3) is 0.389. The standard InChI is InChI=1S/C18H18F6N2O2/c1-9(8-28-3)26-10(2)14(16(25)27)7-15(26)11-4-12(17(19,20)21)6-13(5-11)18(22,23)24/h4-7,9H,8H2,1-3H3,(H2,25,27). The van der Waals surface area contributed by atoms with Crippen LogP contribution in [0, 0.1) is 6.92 Å². The van der Waals surface area contributed by atoms with Gasteiger partial charge in [-0.15, -0.1) is 0 Å². The van der Waals surface area contributed by atoms with Crippen LogP contribution in [0.15, 0.2) is 24.3 Å². The molecule has 1 aromatic carbocycles. The molecule has 4 nitrogen and oxygen atoms in total. The molecule has 1 aromatic heterocycles. The number of hydrogen-bond acceptors (Lipinski definition) is 2. The second-order valence-corrected chi connectivity index (χ2v) is 6.36. The van der Waals surface area contributed by atoms with Crippen molar-refractivity contribution in [1.29, 1.82) is 0 Å². The van der Waals surface area contributed by atoms with Gasteiger partial charge in [0.05, 0.1) is 29.3 Å². The third-order valence-electron chi connectivity index (χ3n) is 4.29. The van der Waals surface area contributed by atoms with E-state index in [2.05, 4.69) is 0 Å². The maximum absolute atomic E-state index is 13.2. The number of primary amides is 1. The Labute approximate surface area is 156 Å². The lowest BCUT2D eigenvalue weighted by Gasteiger charge is -2.21. The monoisotopic (exact) mass is 408 g/mol. The van der Waals surface area contributed by atoms with Crippen LogP contribution in [-0.2, 0) is 17.1 Å². The molecule has 2 N–H and O–H groups in total. The van der Waals surface area contributed by atoms with E-state index in [9.17, 15) is 31.1 Å². The zero-order valence-electron chi connectivity index (χ0n) is 15.2. The summed E-state index contributed by atoms with van der Waals surface area (Å²) in [5.74, 6) is -0.842. The summed E-state index contributed by atoms with van der Waals surface area (Å²) in [5.41, 5.74) is 2.42. The molecule has 0 radical (unpaired) electrons. The lowest BCUT2D eigenvalue weighted by molar-refractivity contribution is -0.143. The van der Waals surface area contributed by atoms with Gasteiger partial charge in [0.1, 0.15) is 0 Å². The first kappa shape index (κ1) is 21.8. The van der Waals surface area contributed by atoms with E-state index in [1.165, 1.54) is 24.7 Å². The van der Waals surface area contributed by atoms with Gasteiger partial charge < -0.3 is 15.0 Å². The van der Waals surface area contributed by atoms with Gasteiger partial charge in [-0.1, -0.05) is 0 Å². The highest BCUT2D eigenvalue weighted by atomic mass is 19.4. The first-order valence-corrected chi connectivity index (χ1v) is 8.07. The van der Waals surface area contributed by atoms with Crippen molar-refractivity contribution in [2.24, 2.45) is 5.73 Å². The highest BCUT2D eigenvalue weighted by Gasteiger charge is 2.37. The van der Waals surface area contributed by atoms with Crippen molar-refractivity contribution in [1.82, 2.24) is 4.57 Å². The van der Waals surface area contributed by atoms with Crippen molar-refractivity contribution < 1.29 is 35.9 Å². The van der Waals surface area contributed by atoms with E-state index in [4.69, 9.17) is 10.5 Å². The SMILES string of the molecule is COCC(C)n1c(-c2cc(C(F)(F)F)cc(C(F)(F)F)c2)cc(C(N)=O)c1C. The second-order valence-electron chi connectivity index (χ2n) is 6.36. The van der Waals surface area contributed by atoms with Gasteiger partial charge in [-0.05, 0) is 43.7 Å². The van der Waals surface area contributed by atoms with Crippen molar-refractivity contribution in [2.45, 2.75) is 32.2 Å². The summed E-state index contributed by atoms with van der Waals surface area (Å²) in [6, 6.07) is 2.00. The Hall–Kier alpha value is -2.49. The fourth-order valence-corrected chi connectivity index (χ4v) is 3.08. The molecule has 154 valence electrons. The van der Waals surface area contributed by atoms with E-state index in [0.717, 1.165) is 0 Å². The van der Waals surface area contributed by atoms with Crippen LogP contribution in [0.1, 0.15) is 40.1 Å². The molecule has 28 heavy (non-hydrogen) atoms. The lowest BCUT2D eigenvalue weighted by atomic mass is 10.0. The lowest BCUT2D eigenvalue weighted by Crippen LogP contribution is -2.16. The number of nitrogens with zero attached hydrogens (tertiary/aromatic N) is 1. The number of carbonyl (C=O) groups is 1. The van der Waals surface area contributed by atoms with Gasteiger partial charge in [0.25, 0.3) is 5.91 Å². The largest absolute Gasteiger partial charge is 0.416 e. The zero-order chi connectivity index (χ0) is 21.4. The number of aromatic nitrogens is 1. The maximum atomic E-state index is 13.2. The highest BCUT2D eigenvalue weighted by Crippen LogP contribution is 2.40. The first-order valence-electron chi connectivity index (χ1n) is 8.07. The number of carbonyl (C=O) groups excluding carboxylic acids is 1. The van der Waals surface area contributed by atoms with Gasteiger partial charge in [-0.3, -0.25) is 4.79 Å². The molecule has 0 fully saturated rings. The molecule has 0 bridgehead atoms. The summed E-state index contributed by atoms with van der Waals surface area (Å²) >= 11 is 0. The number of amides is 1. The fourth-order valence-electron chi connectivity index (χ4n) is 3.08. The number of methoxy groups -OCH3 is 1. The molecule has 0 saturated carbocycles. The molecule has 1 amide bonds. The van der Waals surface area contributed by atoms with Gasteiger partial charge in [0, 0.05) is 18.5 Å². The van der Waals surface area contributed by atoms with Gasteiger partial charge in [-0.2, -0.15) is 26.3 Å². The van der Waals surface area contributed by atoms with Crippen LogP contribution in [0.5, 0.6) is 0 Å². The summed E-state index contributed by atoms with van der Waals surface area (Å²) in [7, 11) is 1.40. The van der Waals surface area contributed by atoms with Crippen LogP contribution in [0.4, 0.5) is 26.3 Å². The van der Waals surface area contributed by atoms with Crippen molar-refractivity contribution in [3.05, 3.63) is 46.6 Å². The predicted molar refractivity (Wildman–Crippen MR) is 89.7 cm³/mol. The number of benzene rings is 1. The van der Waals surface area contributed by atoms with Crippen LogP contribution in [0.25, 0.3) is 11.3 Å². The van der Waals surface area contributed by atoms with Crippen molar-refractivity contribution in [3.8, 4) is 11.3 Å². The highest BCUT2D eigenvalue weighted by molar-refractivity contribution is 5.95. The van der Waals surface area contributed by atoms with Gasteiger partial charge in [0.15, 0.2) is 0 Å². The Balaban J connectivity index is 2.83. The molecular weight excluding hydrogens is 390 g/mol. The predicted octanol–water partition coefficient (Wildman–Crippen LogP) is 4.81. The van der Waals surface area contributed by atoms with Crippen molar-refractivity contribution in [2.75, 3.05) is 13.7 Å². The van der Waals surface area contributed by atoms with Crippen LogP contribution >= 0.6 is 0 Å². The molecule has 2 rings (SSSR count). The van der Waals surface area contributed by atoms with E-state index in [0.29, 0.717) is 17.8 Å². The zero-order valence-corrected chi connectivity index (χ0v) is 15.2. The summed E-state index contributed by atoms with van der Waals surface area (Å²) in [6.07, 6.45) is -9.96. The van der Waals surface area contributed by atoms with E-state index < -0.39 is 35.4 Å². The van der Waals surface area contributed by atoms with E-state index in [-0.39, 0.29) is 29.5 Å². The summed E-state index contributed by atoms with van der Waals surface area (Å²) in [5, 5.41) is 0. The number of halogens is 6. The Bertz CT molecular complexity index is 851. The number of alkyl halides is 6. The van der Waals surface area contributed by atoms with Crippen LogP contribution < -0.4 is 5.73 Å². The van der Waals surface area contributed by atoms with Crippen molar-refractivity contribution in [3.63, 3.8) is 0 Å². The van der Waals surface area contributed by atoms with Crippen molar-refractivity contribution >= 4 is 5.91 Å². The molecule has 1 unspecified atom stereocenters. The van der Waals surface area contributed by atoms with Gasteiger partial charge in [0.2, 0.25) is 0 Å². The van der Waals surface area contributed by atoms with Crippen LogP contribution in [0.3, 0.4) is 0 Å². The molecule has 1 heterocycles. The minimum atomic E-state index is -4.98. The first-order chi connectivity index (χ1) is 12.8.